The number of carbonyl (C=O) groups is 1. The van der Waals surface area contributed by atoms with Gasteiger partial charge in [-0.15, -0.1) is 0 Å². The van der Waals surface area contributed by atoms with Crippen LogP contribution in [0.1, 0.15) is 38.2 Å². The maximum absolute atomic E-state index is 11.4. The first-order valence-corrected chi connectivity index (χ1v) is 8.07. The molecule has 0 fully saturated rings. The molecule has 2 rings (SSSR count). The topological polar surface area (TPSA) is 73.6 Å². The van der Waals surface area contributed by atoms with Crippen LogP contribution in [0.3, 0.4) is 0 Å². The zero-order chi connectivity index (χ0) is 17.9. The van der Waals surface area contributed by atoms with Crippen LogP contribution in [-0.2, 0) is 0 Å². The summed E-state index contributed by atoms with van der Waals surface area (Å²) in [6, 6.07) is 3.67. The molecule has 0 bridgehead atoms. The molecule has 1 amide bonds. The minimum absolute atomic E-state index is 0.0338. The Bertz CT molecular complexity index is 679. The summed E-state index contributed by atoms with van der Waals surface area (Å²) in [4.78, 5) is 11.4. The van der Waals surface area contributed by atoms with Crippen LogP contribution < -0.4 is 20.5 Å². The van der Waals surface area contributed by atoms with Gasteiger partial charge in [0, 0.05) is 36.3 Å². The number of rotatable bonds is 5. The van der Waals surface area contributed by atoms with Crippen LogP contribution in [0, 0.1) is 5.92 Å². The lowest BCUT2D eigenvalue weighted by Gasteiger charge is -2.32. The molecule has 2 unspecified atom stereocenters. The van der Waals surface area contributed by atoms with Gasteiger partial charge in [-0.3, -0.25) is 0 Å². The summed E-state index contributed by atoms with van der Waals surface area (Å²) in [5.41, 5.74) is 9.31. The highest BCUT2D eigenvalue weighted by Crippen LogP contribution is 2.47. The molecule has 130 valence electrons. The van der Waals surface area contributed by atoms with Crippen LogP contribution in [0.2, 0.25) is 0 Å². The van der Waals surface area contributed by atoms with Crippen molar-refractivity contribution in [1.82, 2.24) is 0 Å². The molecule has 24 heavy (non-hydrogen) atoms. The number of nitrogens with one attached hydrogen (secondary N) is 1. The van der Waals surface area contributed by atoms with E-state index in [0.29, 0.717) is 11.5 Å². The Morgan fingerprint density at radius 3 is 2.58 bits per heavy atom. The molecule has 0 aliphatic heterocycles. The minimum Gasteiger partial charge on any atom is -0.496 e. The van der Waals surface area contributed by atoms with Crippen molar-refractivity contribution in [3.63, 3.8) is 0 Å². The molecule has 0 spiro atoms. The number of amides is 1. The number of anilines is 1. The van der Waals surface area contributed by atoms with E-state index >= 15 is 0 Å². The molecule has 1 aromatic rings. The fourth-order valence-electron chi connectivity index (χ4n) is 3.34. The molecule has 0 radical (unpaired) electrons. The van der Waals surface area contributed by atoms with Crippen molar-refractivity contribution in [3.8, 4) is 11.5 Å². The third-order valence-electron chi connectivity index (χ3n) is 4.54. The number of ether oxygens (including phenoxy) is 2. The predicted molar refractivity (Wildman–Crippen MR) is 96.8 cm³/mol. The van der Waals surface area contributed by atoms with E-state index < -0.39 is 6.09 Å². The second-order valence-electron chi connectivity index (χ2n) is 6.29. The minimum atomic E-state index is -0.838. The molecular weight excluding hydrogens is 304 g/mol. The molecular formula is C19H26N2O3. The lowest BCUT2D eigenvalue weighted by atomic mass is 9.74. The van der Waals surface area contributed by atoms with Gasteiger partial charge in [-0.25, -0.2) is 4.79 Å². The van der Waals surface area contributed by atoms with E-state index in [9.17, 15) is 4.79 Å². The van der Waals surface area contributed by atoms with Gasteiger partial charge < -0.3 is 20.5 Å². The average Bonchev–Trinajstić information content (AvgIpc) is 2.52. The number of hydrogen-bond acceptors (Lipinski definition) is 4. The highest BCUT2D eigenvalue weighted by atomic mass is 16.5. The summed E-state index contributed by atoms with van der Waals surface area (Å²) in [6.07, 6.45) is 3.43. The Balaban J connectivity index is 2.66. The predicted octanol–water partition coefficient (Wildman–Crippen LogP) is 4.21. The van der Waals surface area contributed by atoms with Gasteiger partial charge in [0.15, 0.2) is 0 Å². The maximum atomic E-state index is 11.4. The van der Waals surface area contributed by atoms with Gasteiger partial charge in [-0.1, -0.05) is 23.8 Å². The smallest absolute Gasteiger partial charge is 0.409 e. The molecule has 2 atom stereocenters. The van der Waals surface area contributed by atoms with E-state index in [1.54, 1.807) is 20.2 Å². The van der Waals surface area contributed by atoms with Crippen LogP contribution >= 0.6 is 0 Å². The molecule has 1 aliphatic carbocycles. The van der Waals surface area contributed by atoms with Gasteiger partial charge in [0.2, 0.25) is 0 Å². The van der Waals surface area contributed by atoms with E-state index in [1.807, 2.05) is 13.0 Å². The Labute approximate surface area is 143 Å². The highest BCUT2D eigenvalue weighted by Gasteiger charge is 2.31. The Morgan fingerprint density at radius 2 is 2.04 bits per heavy atom. The summed E-state index contributed by atoms with van der Waals surface area (Å²) in [6.45, 7) is 8.30. The van der Waals surface area contributed by atoms with E-state index in [0.717, 1.165) is 29.7 Å². The summed E-state index contributed by atoms with van der Waals surface area (Å²) in [7, 11) is 3.41. The van der Waals surface area contributed by atoms with E-state index in [2.05, 4.69) is 24.9 Å². The van der Waals surface area contributed by atoms with Crippen LogP contribution in [0.4, 0.5) is 10.5 Å². The zero-order valence-electron chi connectivity index (χ0n) is 14.8. The van der Waals surface area contributed by atoms with Crippen molar-refractivity contribution < 1.29 is 14.3 Å². The first-order valence-electron chi connectivity index (χ1n) is 8.07. The molecule has 3 N–H and O–H groups in total. The first-order chi connectivity index (χ1) is 11.4. The highest BCUT2D eigenvalue weighted by molar-refractivity contribution is 5.71. The van der Waals surface area contributed by atoms with Crippen LogP contribution in [0.5, 0.6) is 11.5 Å². The number of benzene rings is 1. The Kier molecular flexibility index (Phi) is 5.54. The Morgan fingerprint density at radius 1 is 1.38 bits per heavy atom. The van der Waals surface area contributed by atoms with Crippen molar-refractivity contribution >= 4 is 11.8 Å². The molecule has 0 heterocycles. The monoisotopic (exact) mass is 330 g/mol. The lowest BCUT2D eigenvalue weighted by molar-refractivity contribution is 0.210. The fraction of sp³-hybridized carbons (Fsp3) is 0.421. The van der Waals surface area contributed by atoms with E-state index in [4.69, 9.17) is 15.2 Å². The van der Waals surface area contributed by atoms with Crippen LogP contribution in [-0.4, -0.2) is 20.3 Å². The molecule has 0 saturated carbocycles. The fourth-order valence-corrected chi connectivity index (χ4v) is 3.34. The van der Waals surface area contributed by atoms with Crippen LogP contribution in [0.25, 0.3) is 0 Å². The first kappa shape index (κ1) is 17.9. The van der Waals surface area contributed by atoms with Crippen molar-refractivity contribution in [2.45, 2.75) is 32.6 Å². The third-order valence-corrected chi connectivity index (χ3v) is 4.54. The number of methoxy groups -OCH3 is 1. The van der Waals surface area contributed by atoms with Gasteiger partial charge in [0.05, 0.1) is 7.11 Å². The second-order valence-corrected chi connectivity index (χ2v) is 6.29. The zero-order valence-corrected chi connectivity index (χ0v) is 14.8. The summed E-state index contributed by atoms with van der Waals surface area (Å²) >= 11 is 0. The largest absolute Gasteiger partial charge is 0.496 e. The lowest BCUT2D eigenvalue weighted by Crippen LogP contribution is -2.21. The van der Waals surface area contributed by atoms with Crippen molar-refractivity contribution in [2.24, 2.45) is 11.7 Å². The molecule has 5 heteroatoms. The molecule has 1 aliphatic rings. The number of allylic oxidation sites excluding steroid dienone is 3. The molecule has 0 saturated heterocycles. The van der Waals surface area contributed by atoms with Gasteiger partial charge in [-0.05, 0) is 32.6 Å². The molecule has 5 nitrogen and oxygen atoms in total. The SMILES string of the molecule is C=C(C)C1CCC(C)=CC1c1c(OC)cc(NC)cc1OC(N)=O. The normalized spacial score (nSPS) is 20.1. The number of carbonyl (C=O) groups excluding carboxylic acids is 1. The third kappa shape index (κ3) is 3.72. The van der Waals surface area contributed by atoms with Crippen LogP contribution in [0.15, 0.2) is 35.9 Å². The van der Waals surface area contributed by atoms with E-state index in [1.165, 1.54) is 5.57 Å². The van der Waals surface area contributed by atoms with Crippen molar-refractivity contribution in [2.75, 3.05) is 19.5 Å². The summed E-state index contributed by atoms with van der Waals surface area (Å²) < 4.78 is 10.9. The number of primary amides is 1. The summed E-state index contributed by atoms with van der Waals surface area (Å²) in [5.74, 6) is 1.39. The summed E-state index contributed by atoms with van der Waals surface area (Å²) in [5, 5.41) is 3.04. The standard InChI is InChI=1S/C19H26N2O3/c1-11(2)14-7-6-12(3)8-15(14)18-16(23-5)9-13(21-4)10-17(18)24-19(20)22/h8-10,14-15,21H,1,6-7H2,2-5H3,(H2,20,22). The van der Waals surface area contributed by atoms with Crippen molar-refractivity contribution in [3.05, 3.63) is 41.5 Å². The van der Waals surface area contributed by atoms with E-state index in [-0.39, 0.29) is 11.8 Å². The van der Waals surface area contributed by atoms with Gasteiger partial charge >= 0.3 is 6.09 Å². The van der Waals surface area contributed by atoms with Gasteiger partial charge in [0.25, 0.3) is 0 Å². The second kappa shape index (κ2) is 7.43. The average molecular weight is 330 g/mol. The van der Waals surface area contributed by atoms with Crippen molar-refractivity contribution in [1.29, 1.82) is 0 Å². The molecule has 0 aromatic heterocycles. The number of nitrogens with two attached hydrogens (primary N) is 1. The quantitative estimate of drug-likeness (QED) is 0.793. The van der Waals surface area contributed by atoms with Gasteiger partial charge in [0.1, 0.15) is 11.5 Å². The number of hydrogen-bond donors (Lipinski definition) is 2. The Hall–Kier alpha value is -2.43. The molecule has 1 aromatic carbocycles. The maximum Gasteiger partial charge on any atom is 0.409 e. The van der Waals surface area contributed by atoms with Gasteiger partial charge in [-0.2, -0.15) is 0 Å².